The number of halogens is 3. The second-order valence-corrected chi connectivity index (χ2v) is 7.51. The van der Waals surface area contributed by atoms with Crippen LogP contribution in [0.15, 0.2) is 37.1 Å². The smallest absolute Gasteiger partial charge is 0.366 e. The van der Waals surface area contributed by atoms with E-state index >= 15 is 0 Å². The SMILES string of the molecule is NC(=O)c1cc(C(F)(F)F)ccc1[C@H]1CC[C@H](Cn2cnc3cncnc32)CC1. The topological polar surface area (TPSA) is 86.7 Å². The molecule has 4 rings (SSSR count). The Bertz CT molecular complexity index is 1040. The zero-order valence-corrected chi connectivity index (χ0v) is 15.6. The zero-order valence-electron chi connectivity index (χ0n) is 15.6. The number of nitrogens with zero attached hydrogens (tertiary/aromatic N) is 4. The first kappa shape index (κ1) is 19.4. The number of benzene rings is 1. The fourth-order valence-electron chi connectivity index (χ4n) is 4.18. The summed E-state index contributed by atoms with van der Waals surface area (Å²) in [5.74, 6) is -0.388. The van der Waals surface area contributed by atoms with Crippen molar-refractivity contribution in [3.63, 3.8) is 0 Å². The maximum absolute atomic E-state index is 13.0. The number of carbonyl (C=O) groups is 1. The van der Waals surface area contributed by atoms with E-state index in [2.05, 4.69) is 15.0 Å². The van der Waals surface area contributed by atoms with Crippen molar-refractivity contribution in [3.05, 3.63) is 53.7 Å². The van der Waals surface area contributed by atoms with Gasteiger partial charge in [-0.25, -0.2) is 15.0 Å². The van der Waals surface area contributed by atoms with Crippen molar-refractivity contribution in [2.24, 2.45) is 11.7 Å². The molecule has 2 aromatic heterocycles. The van der Waals surface area contributed by atoms with Crippen LogP contribution in [-0.2, 0) is 12.7 Å². The lowest BCUT2D eigenvalue weighted by Crippen LogP contribution is -2.22. The molecule has 1 saturated carbocycles. The molecule has 1 aliphatic carbocycles. The largest absolute Gasteiger partial charge is 0.416 e. The van der Waals surface area contributed by atoms with Gasteiger partial charge in [0, 0.05) is 12.1 Å². The number of hydrogen-bond acceptors (Lipinski definition) is 4. The van der Waals surface area contributed by atoms with Gasteiger partial charge in [-0.15, -0.1) is 0 Å². The Kier molecular flexibility index (Phi) is 4.97. The summed E-state index contributed by atoms with van der Waals surface area (Å²) in [7, 11) is 0. The maximum atomic E-state index is 13.0. The number of hydrogen-bond donors (Lipinski definition) is 1. The van der Waals surface area contributed by atoms with Crippen LogP contribution in [0, 0.1) is 5.92 Å². The van der Waals surface area contributed by atoms with Gasteiger partial charge in [0.05, 0.1) is 18.1 Å². The van der Waals surface area contributed by atoms with Gasteiger partial charge in [0.1, 0.15) is 11.8 Å². The van der Waals surface area contributed by atoms with Crippen molar-refractivity contribution in [2.45, 2.75) is 44.3 Å². The minimum absolute atomic E-state index is 0.0258. The van der Waals surface area contributed by atoms with Crippen LogP contribution in [0.4, 0.5) is 13.2 Å². The van der Waals surface area contributed by atoms with Gasteiger partial charge in [0.15, 0.2) is 5.65 Å². The molecule has 3 aromatic rings. The Balaban J connectivity index is 1.47. The monoisotopic (exact) mass is 403 g/mol. The first-order chi connectivity index (χ1) is 13.8. The second kappa shape index (κ2) is 7.46. The molecule has 0 atom stereocenters. The van der Waals surface area contributed by atoms with Crippen LogP contribution in [0.3, 0.4) is 0 Å². The molecular weight excluding hydrogens is 383 g/mol. The molecule has 29 heavy (non-hydrogen) atoms. The Hall–Kier alpha value is -2.97. The third-order valence-corrected chi connectivity index (χ3v) is 5.67. The number of carbonyl (C=O) groups excluding carboxylic acids is 1. The minimum Gasteiger partial charge on any atom is -0.366 e. The van der Waals surface area contributed by atoms with E-state index in [4.69, 9.17) is 5.73 Å². The van der Waals surface area contributed by atoms with Crippen molar-refractivity contribution in [1.29, 1.82) is 0 Å². The predicted molar refractivity (Wildman–Crippen MR) is 100.0 cm³/mol. The van der Waals surface area contributed by atoms with E-state index in [0.717, 1.165) is 55.5 Å². The van der Waals surface area contributed by atoms with Gasteiger partial charge in [-0.3, -0.25) is 4.79 Å². The summed E-state index contributed by atoms with van der Waals surface area (Å²) < 4.78 is 40.9. The van der Waals surface area contributed by atoms with Crippen LogP contribution >= 0.6 is 0 Å². The predicted octanol–water partition coefficient (Wildman–Crippen LogP) is 3.92. The van der Waals surface area contributed by atoms with Crippen LogP contribution in [0.1, 0.15) is 53.1 Å². The molecule has 0 unspecified atom stereocenters. The third kappa shape index (κ3) is 3.94. The molecule has 1 amide bonds. The summed E-state index contributed by atoms with van der Waals surface area (Å²) in [5.41, 5.74) is 6.65. The molecule has 2 N–H and O–H groups in total. The molecule has 0 spiro atoms. The van der Waals surface area contributed by atoms with Crippen LogP contribution in [0.2, 0.25) is 0 Å². The number of imidazole rings is 1. The molecule has 2 heterocycles. The molecule has 0 saturated heterocycles. The van der Waals surface area contributed by atoms with Crippen molar-refractivity contribution in [1.82, 2.24) is 19.5 Å². The fourth-order valence-corrected chi connectivity index (χ4v) is 4.18. The van der Waals surface area contributed by atoms with Crippen molar-refractivity contribution < 1.29 is 18.0 Å². The summed E-state index contributed by atoms with van der Waals surface area (Å²) in [6.07, 6.45) is 3.79. The van der Waals surface area contributed by atoms with Gasteiger partial charge < -0.3 is 10.3 Å². The number of alkyl halides is 3. The zero-order chi connectivity index (χ0) is 20.6. The molecule has 0 aliphatic heterocycles. The minimum atomic E-state index is -4.50. The molecule has 1 aliphatic rings. The van der Waals surface area contributed by atoms with E-state index in [1.807, 2.05) is 4.57 Å². The Morgan fingerprint density at radius 3 is 2.62 bits per heavy atom. The molecular formula is C20H20F3N5O. The molecule has 0 bridgehead atoms. The molecule has 1 aromatic carbocycles. The van der Waals surface area contributed by atoms with Crippen LogP contribution in [0.25, 0.3) is 11.2 Å². The first-order valence-electron chi connectivity index (χ1n) is 9.44. The average Bonchev–Trinajstić information content (AvgIpc) is 3.10. The lowest BCUT2D eigenvalue weighted by molar-refractivity contribution is -0.137. The highest BCUT2D eigenvalue weighted by Crippen LogP contribution is 2.39. The second-order valence-electron chi connectivity index (χ2n) is 7.51. The summed E-state index contributed by atoms with van der Waals surface area (Å²) >= 11 is 0. The average molecular weight is 403 g/mol. The molecule has 152 valence electrons. The van der Waals surface area contributed by atoms with Crippen LogP contribution in [0.5, 0.6) is 0 Å². The number of fused-ring (bicyclic) bond motifs is 1. The van der Waals surface area contributed by atoms with Crippen LogP contribution in [-0.4, -0.2) is 25.4 Å². The van der Waals surface area contributed by atoms with Crippen molar-refractivity contribution >= 4 is 17.1 Å². The standard InChI is InChI=1S/C20H20F3N5O/c21-20(22,23)14-5-6-15(16(7-14)18(24)29)13-3-1-12(2-4-13)9-28-11-27-17-8-25-10-26-19(17)28/h5-8,10-13H,1-4,9H2,(H2,24,29)/t12-,13-. The highest BCUT2D eigenvalue weighted by atomic mass is 19.4. The molecule has 9 heteroatoms. The van der Waals surface area contributed by atoms with Gasteiger partial charge >= 0.3 is 6.18 Å². The van der Waals surface area contributed by atoms with Gasteiger partial charge in [-0.05, 0) is 55.2 Å². The molecule has 0 radical (unpaired) electrons. The van der Waals surface area contributed by atoms with Crippen molar-refractivity contribution in [3.8, 4) is 0 Å². The number of aromatic nitrogens is 4. The van der Waals surface area contributed by atoms with Gasteiger partial charge in [-0.1, -0.05) is 6.07 Å². The molecule has 6 nitrogen and oxygen atoms in total. The van der Waals surface area contributed by atoms with E-state index in [-0.39, 0.29) is 11.5 Å². The Morgan fingerprint density at radius 1 is 1.17 bits per heavy atom. The lowest BCUT2D eigenvalue weighted by atomic mass is 9.77. The lowest BCUT2D eigenvalue weighted by Gasteiger charge is -2.30. The van der Waals surface area contributed by atoms with E-state index in [1.165, 1.54) is 12.4 Å². The number of primary amides is 1. The maximum Gasteiger partial charge on any atom is 0.416 e. The quantitative estimate of drug-likeness (QED) is 0.715. The van der Waals surface area contributed by atoms with E-state index < -0.39 is 17.6 Å². The third-order valence-electron chi connectivity index (χ3n) is 5.67. The fraction of sp³-hybridized carbons (Fsp3) is 0.400. The normalized spacial score (nSPS) is 20.1. The highest BCUT2D eigenvalue weighted by Gasteiger charge is 2.33. The number of rotatable bonds is 4. The summed E-state index contributed by atoms with van der Waals surface area (Å²) in [6.45, 7) is 0.774. The summed E-state index contributed by atoms with van der Waals surface area (Å²) in [6, 6.07) is 3.32. The Labute approximate surface area is 165 Å². The van der Waals surface area contributed by atoms with E-state index in [1.54, 1.807) is 12.5 Å². The van der Waals surface area contributed by atoms with Gasteiger partial charge in [0.25, 0.3) is 0 Å². The van der Waals surface area contributed by atoms with E-state index in [0.29, 0.717) is 11.5 Å². The first-order valence-corrected chi connectivity index (χ1v) is 9.44. The van der Waals surface area contributed by atoms with Gasteiger partial charge in [0.2, 0.25) is 5.91 Å². The highest BCUT2D eigenvalue weighted by molar-refractivity contribution is 5.94. The summed E-state index contributed by atoms with van der Waals surface area (Å²) in [4.78, 5) is 24.3. The number of amides is 1. The molecule has 1 fully saturated rings. The summed E-state index contributed by atoms with van der Waals surface area (Å²) in [5, 5.41) is 0. The van der Waals surface area contributed by atoms with Crippen molar-refractivity contribution in [2.75, 3.05) is 0 Å². The van der Waals surface area contributed by atoms with Crippen LogP contribution < -0.4 is 5.73 Å². The van der Waals surface area contributed by atoms with E-state index in [9.17, 15) is 18.0 Å². The Morgan fingerprint density at radius 2 is 1.93 bits per heavy atom. The van der Waals surface area contributed by atoms with Gasteiger partial charge in [-0.2, -0.15) is 13.2 Å². The number of nitrogens with two attached hydrogens (primary N) is 1.